The van der Waals surface area contributed by atoms with Crippen molar-refractivity contribution in [2.45, 2.75) is 39.7 Å². The van der Waals surface area contributed by atoms with Gasteiger partial charge in [-0.15, -0.1) is 24.0 Å². The molecule has 1 aliphatic heterocycles. The van der Waals surface area contributed by atoms with Crippen molar-refractivity contribution in [2.75, 3.05) is 26.2 Å². The Labute approximate surface area is 177 Å². The maximum atomic E-state index is 12.3. The van der Waals surface area contributed by atoms with Crippen LogP contribution in [0.4, 0.5) is 0 Å². The third-order valence-corrected chi connectivity index (χ3v) is 4.78. The zero-order valence-corrected chi connectivity index (χ0v) is 18.4. The Bertz CT molecular complexity index is 781. The van der Waals surface area contributed by atoms with Crippen LogP contribution in [0, 0.1) is 6.92 Å². The van der Waals surface area contributed by atoms with Gasteiger partial charge in [-0.2, -0.15) is 0 Å². The van der Waals surface area contributed by atoms with Crippen molar-refractivity contribution in [1.29, 1.82) is 0 Å². The van der Waals surface area contributed by atoms with Gasteiger partial charge in [0.05, 0.1) is 6.54 Å². The molecule has 148 valence electrons. The number of hydrogen-bond donors (Lipinski definition) is 2. The number of piperidine rings is 1. The number of aliphatic imine (C=N–C) groups is 1. The number of para-hydroxylation sites is 1. The lowest BCUT2D eigenvalue weighted by Gasteiger charge is -2.26. The summed E-state index contributed by atoms with van der Waals surface area (Å²) in [6.07, 6.45) is 3.41. The van der Waals surface area contributed by atoms with Crippen molar-refractivity contribution in [3.05, 3.63) is 35.6 Å². The lowest BCUT2D eigenvalue weighted by atomic mass is 10.1. The molecule has 0 unspecified atom stereocenters. The number of hydrogen-bond acceptors (Lipinski definition) is 3. The second-order valence-corrected chi connectivity index (χ2v) is 6.64. The van der Waals surface area contributed by atoms with Crippen LogP contribution in [-0.2, 0) is 11.3 Å². The number of fused-ring (bicyclic) bond motifs is 1. The third-order valence-electron chi connectivity index (χ3n) is 4.78. The highest BCUT2D eigenvalue weighted by Crippen LogP contribution is 2.24. The highest BCUT2D eigenvalue weighted by molar-refractivity contribution is 14.0. The maximum absolute atomic E-state index is 12.3. The first-order valence-electron chi connectivity index (χ1n) is 9.46. The monoisotopic (exact) mass is 484 g/mol. The molecule has 1 saturated heterocycles. The Morgan fingerprint density at radius 3 is 2.63 bits per heavy atom. The molecule has 0 aliphatic carbocycles. The molecule has 27 heavy (non-hydrogen) atoms. The van der Waals surface area contributed by atoms with Crippen LogP contribution in [0.2, 0.25) is 0 Å². The smallest absolute Gasteiger partial charge is 0.244 e. The topological polar surface area (TPSA) is 69.9 Å². The van der Waals surface area contributed by atoms with E-state index in [1.807, 2.05) is 30.0 Å². The van der Waals surface area contributed by atoms with Gasteiger partial charge in [-0.1, -0.05) is 18.2 Å². The largest absolute Gasteiger partial charge is 0.459 e. The van der Waals surface area contributed by atoms with Crippen LogP contribution in [0.3, 0.4) is 0 Å². The molecule has 1 aromatic carbocycles. The average molecular weight is 484 g/mol. The van der Waals surface area contributed by atoms with Crippen molar-refractivity contribution >= 4 is 46.8 Å². The average Bonchev–Trinajstić information content (AvgIpc) is 3.00. The molecular weight excluding hydrogens is 455 g/mol. The minimum atomic E-state index is 0. The molecule has 6 nitrogen and oxygen atoms in total. The van der Waals surface area contributed by atoms with Crippen molar-refractivity contribution < 1.29 is 9.21 Å². The van der Waals surface area contributed by atoms with E-state index in [1.165, 1.54) is 6.42 Å². The van der Waals surface area contributed by atoms with Crippen molar-refractivity contribution in [3.8, 4) is 0 Å². The van der Waals surface area contributed by atoms with E-state index < -0.39 is 0 Å². The summed E-state index contributed by atoms with van der Waals surface area (Å²) in [5.74, 6) is 1.62. The number of likely N-dealkylation sites (tertiary alicyclic amines) is 1. The summed E-state index contributed by atoms with van der Waals surface area (Å²) in [4.78, 5) is 18.7. The molecule has 0 spiro atoms. The number of halogens is 1. The number of carbonyl (C=O) groups is 1. The number of amides is 1. The predicted octanol–water partition coefficient (Wildman–Crippen LogP) is 3.43. The molecular formula is C20H29IN4O2. The summed E-state index contributed by atoms with van der Waals surface area (Å²) < 4.78 is 5.93. The molecule has 1 amide bonds. The predicted molar refractivity (Wildman–Crippen MR) is 120 cm³/mol. The minimum Gasteiger partial charge on any atom is -0.459 e. The lowest BCUT2D eigenvalue weighted by Crippen LogP contribution is -2.40. The van der Waals surface area contributed by atoms with Gasteiger partial charge >= 0.3 is 0 Å². The molecule has 1 aromatic heterocycles. The van der Waals surface area contributed by atoms with E-state index in [4.69, 9.17) is 4.42 Å². The van der Waals surface area contributed by atoms with E-state index in [-0.39, 0.29) is 36.4 Å². The molecule has 0 bridgehead atoms. The van der Waals surface area contributed by atoms with Crippen molar-refractivity contribution in [2.24, 2.45) is 4.99 Å². The van der Waals surface area contributed by atoms with Gasteiger partial charge < -0.3 is 20.0 Å². The summed E-state index contributed by atoms with van der Waals surface area (Å²) >= 11 is 0. The van der Waals surface area contributed by atoms with Gasteiger partial charge in [0.1, 0.15) is 17.9 Å². The molecule has 1 fully saturated rings. The summed E-state index contributed by atoms with van der Waals surface area (Å²) in [7, 11) is 0. The summed E-state index contributed by atoms with van der Waals surface area (Å²) in [5, 5.41) is 7.59. The van der Waals surface area contributed by atoms with Crippen LogP contribution in [-0.4, -0.2) is 42.9 Å². The van der Waals surface area contributed by atoms with Crippen LogP contribution >= 0.6 is 24.0 Å². The van der Waals surface area contributed by atoms with E-state index in [1.54, 1.807) is 0 Å². The fourth-order valence-electron chi connectivity index (χ4n) is 3.29. The van der Waals surface area contributed by atoms with Crippen LogP contribution in [0.25, 0.3) is 11.0 Å². The Morgan fingerprint density at radius 2 is 1.93 bits per heavy atom. The van der Waals surface area contributed by atoms with E-state index in [0.29, 0.717) is 12.5 Å². The molecule has 0 saturated carbocycles. The first-order valence-corrected chi connectivity index (χ1v) is 9.46. The number of nitrogens with zero attached hydrogens (tertiary/aromatic N) is 2. The Kier molecular flexibility index (Phi) is 8.40. The van der Waals surface area contributed by atoms with Gasteiger partial charge in [0.15, 0.2) is 5.96 Å². The van der Waals surface area contributed by atoms with E-state index in [2.05, 4.69) is 28.6 Å². The Hall–Kier alpha value is -1.77. The second kappa shape index (κ2) is 10.5. The molecule has 0 radical (unpaired) electrons. The fourth-order valence-corrected chi connectivity index (χ4v) is 3.29. The Morgan fingerprint density at radius 1 is 1.19 bits per heavy atom. The number of benzene rings is 1. The normalized spacial score (nSPS) is 14.7. The zero-order valence-electron chi connectivity index (χ0n) is 16.1. The molecule has 2 heterocycles. The van der Waals surface area contributed by atoms with Crippen LogP contribution < -0.4 is 10.6 Å². The summed E-state index contributed by atoms with van der Waals surface area (Å²) in [5.41, 5.74) is 2.03. The van der Waals surface area contributed by atoms with Crippen LogP contribution in [0.5, 0.6) is 0 Å². The van der Waals surface area contributed by atoms with Crippen LogP contribution in [0.1, 0.15) is 37.5 Å². The maximum Gasteiger partial charge on any atom is 0.244 e. The van der Waals surface area contributed by atoms with Gasteiger partial charge in [-0.3, -0.25) is 4.79 Å². The lowest BCUT2D eigenvalue weighted by molar-refractivity contribution is -0.130. The van der Waals surface area contributed by atoms with Gasteiger partial charge in [-0.05, 0) is 39.2 Å². The van der Waals surface area contributed by atoms with Gasteiger partial charge in [-0.25, -0.2) is 4.99 Å². The first-order chi connectivity index (χ1) is 12.7. The van der Waals surface area contributed by atoms with E-state index >= 15 is 0 Å². The van der Waals surface area contributed by atoms with Crippen molar-refractivity contribution in [3.63, 3.8) is 0 Å². The zero-order chi connectivity index (χ0) is 18.4. The molecule has 0 atom stereocenters. The van der Waals surface area contributed by atoms with Gasteiger partial charge in [0.2, 0.25) is 5.91 Å². The highest BCUT2D eigenvalue weighted by atomic mass is 127. The van der Waals surface area contributed by atoms with Crippen LogP contribution in [0.15, 0.2) is 33.7 Å². The molecule has 3 rings (SSSR count). The number of nitrogens with one attached hydrogen (secondary N) is 2. The number of furan rings is 1. The van der Waals surface area contributed by atoms with E-state index in [9.17, 15) is 4.79 Å². The number of guanidine groups is 1. The molecule has 7 heteroatoms. The fraction of sp³-hybridized carbons (Fsp3) is 0.500. The van der Waals surface area contributed by atoms with Gasteiger partial charge in [0.25, 0.3) is 0 Å². The SMILES string of the molecule is CCNC(=NCC(=O)N1CCCCC1)NCc1oc2ccccc2c1C.I. The van der Waals surface area contributed by atoms with Crippen molar-refractivity contribution in [1.82, 2.24) is 15.5 Å². The quantitative estimate of drug-likeness (QED) is 0.388. The number of aryl methyl sites for hydroxylation is 1. The summed E-state index contributed by atoms with van der Waals surface area (Å²) in [6, 6.07) is 8.02. The van der Waals surface area contributed by atoms with E-state index in [0.717, 1.165) is 54.8 Å². The first kappa shape index (κ1) is 21.5. The highest BCUT2D eigenvalue weighted by Gasteiger charge is 2.16. The minimum absolute atomic E-state index is 0. The Balaban J connectivity index is 0.00000261. The number of rotatable bonds is 5. The second-order valence-electron chi connectivity index (χ2n) is 6.64. The molecule has 1 aliphatic rings. The molecule has 2 aromatic rings. The standard InChI is InChI=1S/C20H28N4O2.HI/c1-3-21-20(23-14-19(25)24-11-7-4-8-12-24)22-13-18-15(2)16-9-5-6-10-17(16)26-18;/h5-6,9-10H,3-4,7-8,11-14H2,1-2H3,(H2,21,22,23);1H. The van der Waals surface area contributed by atoms with Gasteiger partial charge in [0, 0.05) is 30.6 Å². The number of carbonyl (C=O) groups excluding carboxylic acids is 1. The summed E-state index contributed by atoms with van der Waals surface area (Å²) in [6.45, 7) is 7.23. The molecule has 2 N–H and O–H groups in total. The third kappa shape index (κ3) is 5.60.